The zero-order chi connectivity index (χ0) is 18.3. The van der Waals surface area contributed by atoms with Crippen LogP contribution in [0.1, 0.15) is 11.1 Å². The van der Waals surface area contributed by atoms with Crippen molar-refractivity contribution < 1.29 is 21.9 Å². The molecule has 0 aliphatic heterocycles. The second kappa shape index (κ2) is 8.94. The molecule has 0 radical (unpaired) electrons. The van der Waals surface area contributed by atoms with Gasteiger partial charge in [0.15, 0.2) is 0 Å². The average molecular weight is 388 g/mol. The molecule has 2 aromatic carbocycles. The molecule has 4 nitrogen and oxygen atoms in total. The lowest BCUT2D eigenvalue weighted by Gasteiger charge is -2.06. The zero-order valence-corrected chi connectivity index (χ0v) is 14.6. The lowest BCUT2D eigenvalue weighted by molar-refractivity contribution is -0.0498. The second-order valence-corrected chi connectivity index (χ2v) is 7.15. The van der Waals surface area contributed by atoms with Crippen molar-refractivity contribution in [2.24, 2.45) is 0 Å². The summed E-state index contributed by atoms with van der Waals surface area (Å²) >= 11 is 5.76. The first-order chi connectivity index (χ1) is 11.8. The summed E-state index contributed by atoms with van der Waals surface area (Å²) in [5.74, 6) is 0.0604. The summed E-state index contributed by atoms with van der Waals surface area (Å²) in [6.07, 6.45) is 1.89. The van der Waals surface area contributed by atoms with Gasteiger partial charge in [-0.3, -0.25) is 0 Å². The normalized spacial score (nSPS) is 12.0. The Bertz CT molecular complexity index is 807. The molecule has 0 fully saturated rings. The van der Waals surface area contributed by atoms with Crippen LogP contribution in [0.2, 0.25) is 5.02 Å². The van der Waals surface area contributed by atoms with E-state index in [2.05, 4.69) is 9.46 Å². The molecule has 0 aromatic heterocycles. The van der Waals surface area contributed by atoms with Gasteiger partial charge in [0, 0.05) is 17.0 Å². The number of benzene rings is 2. The summed E-state index contributed by atoms with van der Waals surface area (Å²) in [6.45, 7) is -2.69. The molecule has 0 amide bonds. The molecule has 134 valence electrons. The monoisotopic (exact) mass is 387 g/mol. The Kier molecular flexibility index (Phi) is 6.92. The second-order valence-electron chi connectivity index (χ2n) is 5.07. The van der Waals surface area contributed by atoms with E-state index >= 15 is 0 Å². The minimum Gasteiger partial charge on any atom is -0.435 e. The summed E-state index contributed by atoms with van der Waals surface area (Å²) in [5.41, 5.74) is 1.51. The van der Waals surface area contributed by atoms with Crippen LogP contribution in [0.4, 0.5) is 8.78 Å². The molecule has 2 rings (SSSR count). The smallest absolute Gasteiger partial charge is 0.387 e. The van der Waals surface area contributed by atoms with Gasteiger partial charge in [0.25, 0.3) is 0 Å². The first-order valence-electron chi connectivity index (χ1n) is 7.31. The van der Waals surface area contributed by atoms with E-state index in [-0.39, 0.29) is 12.3 Å². The van der Waals surface area contributed by atoms with E-state index in [1.165, 1.54) is 18.2 Å². The van der Waals surface area contributed by atoms with E-state index in [1.807, 2.05) is 0 Å². The van der Waals surface area contributed by atoms with Crippen LogP contribution < -0.4 is 9.46 Å². The van der Waals surface area contributed by atoms with Gasteiger partial charge in [-0.1, -0.05) is 35.9 Å². The third-order valence-corrected chi connectivity index (χ3v) is 4.53. The van der Waals surface area contributed by atoms with E-state index in [0.717, 1.165) is 11.0 Å². The maximum Gasteiger partial charge on any atom is 0.387 e. The first-order valence-corrected chi connectivity index (χ1v) is 9.23. The van der Waals surface area contributed by atoms with E-state index < -0.39 is 16.6 Å². The Morgan fingerprint density at radius 1 is 1.08 bits per heavy atom. The van der Waals surface area contributed by atoms with Crippen molar-refractivity contribution >= 4 is 27.7 Å². The molecule has 0 spiro atoms. The number of rotatable bonds is 8. The van der Waals surface area contributed by atoms with Crippen LogP contribution in [0, 0.1) is 0 Å². The molecule has 0 saturated carbocycles. The van der Waals surface area contributed by atoms with E-state index in [1.54, 1.807) is 36.4 Å². The summed E-state index contributed by atoms with van der Waals surface area (Å²) in [6, 6.07) is 12.8. The highest BCUT2D eigenvalue weighted by atomic mass is 35.5. The molecular weight excluding hydrogens is 372 g/mol. The van der Waals surface area contributed by atoms with Gasteiger partial charge in [-0.15, -0.1) is 0 Å². The van der Waals surface area contributed by atoms with Crippen LogP contribution in [-0.4, -0.2) is 21.6 Å². The molecule has 0 aliphatic rings. The molecule has 0 bridgehead atoms. The third-order valence-electron chi connectivity index (χ3n) is 3.18. The zero-order valence-electron chi connectivity index (χ0n) is 13.0. The molecular formula is C17H16ClF2NO3S. The summed E-state index contributed by atoms with van der Waals surface area (Å²) < 4.78 is 54.6. The van der Waals surface area contributed by atoms with Crippen molar-refractivity contribution in [2.45, 2.75) is 13.0 Å². The van der Waals surface area contributed by atoms with Gasteiger partial charge in [-0.25, -0.2) is 13.1 Å². The van der Waals surface area contributed by atoms with Gasteiger partial charge >= 0.3 is 6.61 Å². The SMILES string of the molecule is O=S(=O)(/C=C/c1ccc(Cl)cc1)NCCc1ccc(OC(F)F)cc1. The summed E-state index contributed by atoms with van der Waals surface area (Å²) in [7, 11) is -3.57. The van der Waals surface area contributed by atoms with Crippen molar-refractivity contribution in [3.05, 3.63) is 70.1 Å². The minimum atomic E-state index is -3.57. The lowest BCUT2D eigenvalue weighted by atomic mass is 10.1. The average Bonchev–Trinajstić information content (AvgIpc) is 2.55. The van der Waals surface area contributed by atoms with Gasteiger partial charge in [-0.2, -0.15) is 8.78 Å². The first kappa shape index (κ1) is 19.4. The molecule has 0 aliphatic carbocycles. The molecule has 2 aromatic rings. The third kappa shape index (κ3) is 7.21. The van der Waals surface area contributed by atoms with Crippen LogP contribution >= 0.6 is 11.6 Å². The number of alkyl halides is 2. The largest absolute Gasteiger partial charge is 0.435 e. The standard InChI is InChI=1S/C17H16ClF2NO3S/c18-15-5-1-14(2-6-15)10-12-25(22,23)21-11-9-13-3-7-16(8-4-13)24-17(19)20/h1-8,10,12,17,21H,9,11H2/b12-10+. The van der Waals surface area contributed by atoms with Crippen molar-refractivity contribution in [1.82, 2.24) is 4.72 Å². The number of ether oxygens (including phenoxy) is 1. The molecule has 25 heavy (non-hydrogen) atoms. The Morgan fingerprint density at radius 3 is 2.32 bits per heavy atom. The van der Waals surface area contributed by atoms with Crippen LogP contribution in [0.5, 0.6) is 5.75 Å². The molecule has 0 atom stereocenters. The number of nitrogens with one attached hydrogen (secondary N) is 1. The van der Waals surface area contributed by atoms with Gasteiger partial charge in [0.1, 0.15) is 5.75 Å². The fourth-order valence-corrected chi connectivity index (χ4v) is 2.91. The Labute approximate surface area is 150 Å². The van der Waals surface area contributed by atoms with Crippen molar-refractivity contribution in [2.75, 3.05) is 6.54 Å². The highest BCUT2D eigenvalue weighted by molar-refractivity contribution is 7.92. The molecule has 0 heterocycles. The predicted octanol–water partition coefficient (Wildman–Crippen LogP) is 4.07. The highest BCUT2D eigenvalue weighted by Gasteiger charge is 2.06. The number of hydrogen-bond acceptors (Lipinski definition) is 3. The van der Waals surface area contributed by atoms with Gasteiger partial charge in [-0.05, 0) is 47.9 Å². The highest BCUT2D eigenvalue weighted by Crippen LogP contribution is 2.15. The fourth-order valence-electron chi connectivity index (χ4n) is 1.97. The Hall–Kier alpha value is -1.96. The quantitative estimate of drug-likeness (QED) is 0.742. The van der Waals surface area contributed by atoms with Gasteiger partial charge in [0.05, 0.1) is 0 Å². The van der Waals surface area contributed by atoms with Crippen LogP contribution in [0.3, 0.4) is 0 Å². The van der Waals surface area contributed by atoms with Gasteiger partial charge in [0.2, 0.25) is 10.0 Å². The van der Waals surface area contributed by atoms with E-state index in [9.17, 15) is 17.2 Å². The number of halogens is 3. The minimum absolute atomic E-state index is 0.0604. The lowest BCUT2D eigenvalue weighted by Crippen LogP contribution is -2.23. The van der Waals surface area contributed by atoms with Crippen molar-refractivity contribution in [3.63, 3.8) is 0 Å². The van der Waals surface area contributed by atoms with Crippen LogP contribution in [-0.2, 0) is 16.4 Å². The van der Waals surface area contributed by atoms with Gasteiger partial charge < -0.3 is 4.74 Å². The van der Waals surface area contributed by atoms with Crippen molar-refractivity contribution in [1.29, 1.82) is 0 Å². The topological polar surface area (TPSA) is 55.4 Å². The van der Waals surface area contributed by atoms with Crippen LogP contribution in [0.25, 0.3) is 6.08 Å². The van der Waals surface area contributed by atoms with E-state index in [4.69, 9.17) is 11.6 Å². The maximum atomic E-state index is 12.1. The summed E-state index contributed by atoms with van der Waals surface area (Å²) in [4.78, 5) is 0. The van der Waals surface area contributed by atoms with Crippen molar-refractivity contribution in [3.8, 4) is 5.75 Å². The molecule has 0 unspecified atom stereocenters. The molecule has 1 N–H and O–H groups in total. The Balaban J connectivity index is 1.84. The summed E-state index contributed by atoms with van der Waals surface area (Å²) in [5, 5.41) is 1.65. The fraction of sp³-hybridized carbons (Fsp3) is 0.176. The van der Waals surface area contributed by atoms with Crippen LogP contribution in [0.15, 0.2) is 53.9 Å². The predicted molar refractivity (Wildman–Crippen MR) is 94.2 cm³/mol. The molecule has 0 saturated heterocycles. The molecule has 8 heteroatoms. The maximum absolute atomic E-state index is 12.1. The number of hydrogen-bond donors (Lipinski definition) is 1. The number of sulfonamides is 1. The van der Waals surface area contributed by atoms with E-state index in [0.29, 0.717) is 17.0 Å². The Morgan fingerprint density at radius 2 is 1.72 bits per heavy atom.